The van der Waals surface area contributed by atoms with Gasteiger partial charge in [0.15, 0.2) is 0 Å². The Balaban J connectivity index is 1.14. The van der Waals surface area contributed by atoms with Crippen LogP contribution in [0.15, 0.2) is 23.7 Å². The first-order chi connectivity index (χ1) is 14.9. The van der Waals surface area contributed by atoms with E-state index in [0.717, 1.165) is 19.3 Å². The molecular weight excluding hydrogens is 438 g/mol. The van der Waals surface area contributed by atoms with E-state index >= 15 is 0 Å². The van der Waals surface area contributed by atoms with Gasteiger partial charge >= 0.3 is 16.2 Å². The highest BCUT2D eigenvalue weighted by molar-refractivity contribution is 7.87. The number of hydrogen-bond acceptors (Lipinski definition) is 6. The van der Waals surface area contributed by atoms with Gasteiger partial charge in [-0.1, -0.05) is 12.2 Å². The molecule has 0 unspecified atom stereocenters. The van der Waals surface area contributed by atoms with Crippen molar-refractivity contribution >= 4 is 33.7 Å². The highest BCUT2D eigenvalue weighted by atomic mass is 32.2. The lowest BCUT2D eigenvalue weighted by molar-refractivity contribution is 0.0950. The third kappa shape index (κ3) is 5.64. The third-order valence-electron chi connectivity index (χ3n) is 6.61. The summed E-state index contributed by atoms with van der Waals surface area (Å²) in [6.07, 6.45) is 10.4. The van der Waals surface area contributed by atoms with Crippen molar-refractivity contribution in [2.75, 3.05) is 26.2 Å². The molecule has 2 bridgehead atoms. The van der Waals surface area contributed by atoms with Crippen molar-refractivity contribution in [3.05, 3.63) is 29.3 Å². The average molecular weight is 468 g/mol. The van der Waals surface area contributed by atoms with Crippen molar-refractivity contribution in [3.63, 3.8) is 0 Å². The topological polar surface area (TPSA) is 121 Å². The zero-order chi connectivity index (χ0) is 21.8. The molecule has 1 saturated carbocycles. The van der Waals surface area contributed by atoms with Gasteiger partial charge in [0.1, 0.15) is 0 Å². The predicted molar refractivity (Wildman–Crippen MR) is 118 cm³/mol. The molecule has 1 aliphatic heterocycles. The molecule has 11 heteroatoms. The molecule has 9 nitrogen and oxygen atoms in total. The van der Waals surface area contributed by atoms with Gasteiger partial charge in [-0.05, 0) is 67.3 Å². The van der Waals surface area contributed by atoms with E-state index in [0.29, 0.717) is 68.3 Å². The Morgan fingerprint density at radius 2 is 1.97 bits per heavy atom. The summed E-state index contributed by atoms with van der Waals surface area (Å²) in [5, 5.41) is 7.31. The fourth-order valence-corrected chi connectivity index (χ4v) is 6.46. The van der Waals surface area contributed by atoms with Gasteiger partial charge in [0.25, 0.3) is 5.91 Å². The lowest BCUT2D eigenvalue weighted by Crippen LogP contribution is -2.50. The molecule has 1 aromatic heterocycles. The first kappa shape index (κ1) is 22.2. The molecule has 0 aromatic carbocycles. The molecule has 1 aromatic rings. The summed E-state index contributed by atoms with van der Waals surface area (Å²) in [5.41, 5.74) is 0.562. The van der Waals surface area contributed by atoms with Gasteiger partial charge in [-0.3, -0.25) is 4.79 Å². The number of allylic oxidation sites excluding steroid dienone is 2. The molecule has 170 valence electrons. The molecular formula is C20H29N5O4S2. The van der Waals surface area contributed by atoms with E-state index in [1.807, 2.05) is 0 Å². The number of hydrogen-bond donors (Lipinski definition) is 3. The van der Waals surface area contributed by atoms with Gasteiger partial charge in [-0.15, -0.1) is 0 Å². The number of piperidine rings is 1. The van der Waals surface area contributed by atoms with E-state index in [2.05, 4.69) is 31.9 Å². The molecule has 31 heavy (non-hydrogen) atoms. The molecule has 2 aliphatic carbocycles. The zero-order valence-electron chi connectivity index (χ0n) is 17.3. The van der Waals surface area contributed by atoms with Crippen LogP contribution in [0.3, 0.4) is 0 Å². The number of urea groups is 1. The fraction of sp³-hybridized carbons (Fsp3) is 0.650. The Hall–Kier alpha value is -1.98. The Morgan fingerprint density at radius 1 is 1.16 bits per heavy atom. The van der Waals surface area contributed by atoms with Crippen LogP contribution < -0.4 is 15.4 Å². The lowest BCUT2D eigenvalue weighted by atomic mass is 9.94. The molecule has 4 rings (SSSR count). The van der Waals surface area contributed by atoms with Gasteiger partial charge in [-0.2, -0.15) is 12.7 Å². The van der Waals surface area contributed by atoms with Crippen molar-refractivity contribution in [3.8, 4) is 0 Å². The van der Waals surface area contributed by atoms with E-state index in [9.17, 15) is 18.0 Å². The summed E-state index contributed by atoms with van der Waals surface area (Å²) in [6.45, 7) is 1.78. The average Bonchev–Trinajstić information content (AvgIpc) is 3.50. The fourth-order valence-electron chi connectivity index (χ4n) is 4.82. The van der Waals surface area contributed by atoms with E-state index in [1.165, 1.54) is 15.8 Å². The van der Waals surface area contributed by atoms with E-state index in [1.54, 1.807) is 11.6 Å². The molecule has 3 N–H and O–H groups in total. The Labute approximate surface area is 187 Å². The SMILES string of the molecule is O=C(NC[C@@H]1C[C@@H]2C=C[C@@H]1C2)NS(=O)(=O)N1CCC(CCNC(=O)c2cnsc2)CC1. The molecule has 1 saturated heterocycles. The summed E-state index contributed by atoms with van der Waals surface area (Å²) < 4.78 is 32.5. The predicted octanol–water partition coefficient (Wildman–Crippen LogP) is 1.73. The van der Waals surface area contributed by atoms with Gasteiger partial charge in [-0.25, -0.2) is 13.9 Å². The highest BCUT2D eigenvalue weighted by Crippen LogP contribution is 2.42. The van der Waals surface area contributed by atoms with Crippen molar-refractivity contribution in [1.29, 1.82) is 0 Å². The molecule has 2 heterocycles. The Morgan fingerprint density at radius 3 is 2.61 bits per heavy atom. The summed E-state index contributed by atoms with van der Waals surface area (Å²) in [5.74, 6) is 1.73. The highest BCUT2D eigenvalue weighted by Gasteiger charge is 2.36. The molecule has 3 atom stereocenters. The molecule has 3 amide bonds. The minimum absolute atomic E-state index is 0.134. The standard InChI is InChI=1S/C20H29N5O4S2/c26-19(18-12-23-30-13-18)21-6-3-14-4-7-25(8-5-14)31(28,29)24-20(27)22-11-17-10-15-1-2-16(17)9-15/h1-2,12-17H,3-11H2,(H,21,26)(H2,22,24,27)/t15-,16-,17+/m1/s1. The van der Waals surface area contributed by atoms with Crippen molar-refractivity contribution in [2.45, 2.75) is 32.1 Å². The number of amides is 3. The second kappa shape index (κ2) is 9.66. The Kier molecular flexibility index (Phi) is 6.92. The molecule has 2 fully saturated rings. The number of fused-ring (bicyclic) bond motifs is 2. The number of nitrogens with one attached hydrogen (secondary N) is 3. The van der Waals surface area contributed by atoms with Gasteiger partial charge < -0.3 is 10.6 Å². The molecule has 0 spiro atoms. The second-order valence-electron chi connectivity index (χ2n) is 8.66. The maximum atomic E-state index is 12.5. The minimum Gasteiger partial charge on any atom is -0.352 e. The summed E-state index contributed by atoms with van der Waals surface area (Å²) >= 11 is 1.24. The van der Waals surface area contributed by atoms with Crippen LogP contribution >= 0.6 is 11.5 Å². The van der Waals surface area contributed by atoms with Crippen molar-refractivity contribution < 1.29 is 18.0 Å². The van der Waals surface area contributed by atoms with Crippen LogP contribution in [0.2, 0.25) is 0 Å². The first-order valence-electron chi connectivity index (χ1n) is 10.8. The maximum Gasteiger partial charge on any atom is 0.329 e. The van der Waals surface area contributed by atoms with Gasteiger partial charge in [0.2, 0.25) is 0 Å². The number of carbonyl (C=O) groups excluding carboxylic acids is 2. The van der Waals surface area contributed by atoms with E-state index in [4.69, 9.17) is 0 Å². The van der Waals surface area contributed by atoms with Crippen LogP contribution in [-0.2, 0) is 10.2 Å². The number of nitrogens with zero attached hydrogens (tertiary/aromatic N) is 2. The van der Waals surface area contributed by atoms with Gasteiger partial charge in [0, 0.05) is 31.6 Å². The Bertz CT molecular complexity index is 910. The number of carbonyl (C=O) groups is 2. The third-order valence-corrected chi connectivity index (χ3v) is 8.68. The summed E-state index contributed by atoms with van der Waals surface area (Å²) in [7, 11) is -3.84. The van der Waals surface area contributed by atoms with Gasteiger partial charge in [0.05, 0.1) is 11.8 Å². The molecule has 3 aliphatic rings. The second-order valence-corrected chi connectivity index (χ2v) is 11.0. The maximum absolute atomic E-state index is 12.5. The monoisotopic (exact) mass is 467 g/mol. The minimum atomic E-state index is -3.84. The summed E-state index contributed by atoms with van der Waals surface area (Å²) in [6, 6.07) is -0.653. The van der Waals surface area contributed by atoms with Crippen LogP contribution in [0.5, 0.6) is 0 Å². The summed E-state index contributed by atoms with van der Waals surface area (Å²) in [4.78, 5) is 24.1. The first-order valence-corrected chi connectivity index (χ1v) is 13.1. The van der Waals surface area contributed by atoms with E-state index < -0.39 is 16.2 Å². The smallest absolute Gasteiger partial charge is 0.329 e. The van der Waals surface area contributed by atoms with Crippen LogP contribution in [0.4, 0.5) is 4.79 Å². The largest absolute Gasteiger partial charge is 0.352 e. The zero-order valence-corrected chi connectivity index (χ0v) is 19.0. The van der Waals surface area contributed by atoms with Crippen LogP contribution in [0.1, 0.15) is 42.5 Å². The van der Waals surface area contributed by atoms with Crippen LogP contribution in [0, 0.1) is 23.7 Å². The van der Waals surface area contributed by atoms with Crippen LogP contribution in [-0.4, -0.2) is 55.2 Å². The number of rotatable bonds is 8. The van der Waals surface area contributed by atoms with Crippen molar-refractivity contribution in [1.82, 2.24) is 24.0 Å². The lowest BCUT2D eigenvalue weighted by Gasteiger charge is -2.31. The normalized spacial score (nSPS) is 26.1. The van der Waals surface area contributed by atoms with Crippen LogP contribution in [0.25, 0.3) is 0 Å². The van der Waals surface area contributed by atoms with Crippen molar-refractivity contribution in [2.24, 2.45) is 23.7 Å². The quantitative estimate of drug-likeness (QED) is 0.503. The number of aromatic nitrogens is 1. The molecule has 0 radical (unpaired) electrons. The van der Waals surface area contributed by atoms with E-state index in [-0.39, 0.29) is 5.91 Å².